The van der Waals surface area contributed by atoms with Gasteiger partial charge in [-0.25, -0.2) is 0 Å². The van der Waals surface area contributed by atoms with Gasteiger partial charge < -0.3 is 4.57 Å². The third-order valence-electron chi connectivity index (χ3n) is 10.8. The molecule has 1 unspecified atom stereocenters. The summed E-state index contributed by atoms with van der Waals surface area (Å²) >= 11 is 0. The van der Waals surface area contributed by atoms with Crippen molar-refractivity contribution in [3.63, 3.8) is 0 Å². The van der Waals surface area contributed by atoms with E-state index in [9.17, 15) is 0 Å². The lowest BCUT2D eigenvalue weighted by atomic mass is 9.62. The smallest absolute Gasteiger partial charge is 0.113 e. The van der Waals surface area contributed by atoms with E-state index in [0.29, 0.717) is 0 Å². The Balaban J connectivity index is 1.45. The first-order valence-corrected chi connectivity index (χ1v) is 19.0. The van der Waals surface area contributed by atoms with E-state index in [4.69, 9.17) is 0 Å². The molecule has 0 N–H and O–H groups in total. The Kier molecular flexibility index (Phi) is 4.87. The van der Waals surface area contributed by atoms with Gasteiger partial charge in [0, 0.05) is 10.8 Å². The molecule has 2 heteroatoms. The molecule has 1 nitrogen and oxygen atoms in total. The van der Waals surface area contributed by atoms with Crippen LogP contribution in [0.3, 0.4) is 0 Å². The predicted molar refractivity (Wildman–Crippen MR) is 192 cm³/mol. The van der Waals surface area contributed by atoms with Crippen molar-refractivity contribution in [3.05, 3.63) is 174 Å². The van der Waals surface area contributed by atoms with Gasteiger partial charge in [0.1, 0.15) is 8.07 Å². The van der Waals surface area contributed by atoms with Gasteiger partial charge in [-0.05, 0) is 66.7 Å². The summed E-state index contributed by atoms with van der Waals surface area (Å²) in [5, 5.41) is 8.32. The second kappa shape index (κ2) is 8.71. The van der Waals surface area contributed by atoms with Gasteiger partial charge >= 0.3 is 0 Å². The second-order valence-corrected chi connectivity index (χ2v) is 17.5. The summed E-state index contributed by atoms with van der Waals surface area (Å²) in [5.41, 5.74) is 11.8. The maximum Gasteiger partial charge on any atom is 0.113 e. The highest BCUT2D eigenvalue weighted by atomic mass is 28.3. The van der Waals surface area contributed by atoms with Crippen LogP contribution in [-0.2, 0) is 5.41 Å². The van der Waals surface area contributed by atoms with Gasteiger partial charge in [-0.15, -0.1) is 0 Å². The molecule has 45 heavy (non-hydrogen) atoms. The van der Waals surface area contributed by atoms with Crippen LogP contribution in [0.2, 0.25) is 13.1 Å². The summed E-state index contributed by atoms with van der Waals surface area (Å²) < 4.78 is 2.54. The standard InChI is InChI=1S/C43H31NSi/c1-45(2)40-27-10-7-22-35(40)43(37-24-13-20-33(42(37)45)30-18-11-15-28-14-3-4-16-29(28)30)34-21-6-9-26-39(34)44-38-25-8-5-17-31(38)32-19-12-23-36(43)41(32)44/h3-27H,1-2H3. The van der Waals surface area contributed by atoms with Crippen LogP contribution in [0.4, 0.5) is 0 Å². The molecule has 2 aliphatic heterocycles. The third kappa shape index (κ3) is 2.98. The largest absolute Gasteiger partial charge is 0.309 e. The highest BCUT2D eigenvalue weighted by Gasteiger charge is 2.53. The molecule has 0 saturated heterocycles. The maximum atomic E-state index is 2.57. The normalized spacial score (nSPS) is 17.4. The molecule has 1 atom stereocenters. The van der Waals surface area contributed by atoms with Crippen molar-refractivity contribution in [2.75, 3.05) is 0 Å². The Morgan fingerprint density at radius 3 is 1.98 bits per heavy atom. The Hall–Kier alpha value is -5.18. The van der Waals surface area contributed by atoms with Crippen LogP contribution >= 0.6 is 0 Å². The Morgan fingerprint density at radius 2 is 1.07 bits per heavy atom. The monoisotopic (exact) mass is 589 g/mol. The number of nitrogens with zero attached hydrogens (tertiary/aromatic N) is 1. The Morgan fingerprint density at radius 1 is 0.467 bits per heavy atom. The Bertz CT molecular complexity index is 2530. The number of hydrogen-bond donors (Lipinski definition) is 0. The highest BCUT2D eigenvalue weighted by molar-refractivity contribution is 7.02. The van der Waals surface area contributed by atoms with Gasteiger partial charge in [0.15, 0.2) is 0 Å². The molecule has 0 radical (unpaired) electrons. The zero-order valence-electron chi connectivity index (χ0n) is 25.4. The maximum absolute atomic E-state index is 2.57. The third-order valence-corrected chi connectivity index (χ3v) is 14.4. The summed E-state index contributed by atoms with van der Waals surface area (Å²) in [6, 6.07) is 57.4. The quantitative estimate of drug-likeness (QED) is 0.168. The van der Waals surface area contributed by atoms with Crippen LogP contribution in [0.1, 0.15) is 22.3 Å². The molecule has 3 heterocycles. The molecule has 0 amide bonds. The summed E-state index contributed by atoms with van der Waals surface area (Å²) in [6.07, 6.45) is 0. The van der Waals surface area contributed by atoms with Gasteiger partial charge in [0.2, 0.25) is 0 Å². The van der Waals surface area contributed by atoms with E-state index in [1.54, 1.807) is 5.19 Å². The fraction of sp³-hybridized carbons (Fsp3) is 0.0698. The van der Waals surface area contributed by atoms with Crippen molar-refractivity contribution in [1.29, 1.82) is 0 Å². The number of aromatic nitrogens is 1. The minimum absolute atomic E-state index is 0.449. The molecule has 212 valence electrons. The lowest BCUT2D eigenvalue weighted by molar-refractivity contribution is 0.732. The molecular weight excluding hydrogens is 559 g/mol. The zero-order chi connectivity index (χ0) is 29.9. The average molecular weight is 590 g/mol. The molecule has 0 fully saturated rings. The molecule has 7 aromatic carbocycles. The first-order valence-electron chi connectivity index (χ1n) is 16.0. The van der Waals surface area contributed by atoms with Crippen molar-refractivity contribution in [2.24, 2.45) is 0 Å². The van der Waals surface area contributed by atoms with Gasteiger partial charge in [-0.3, -0.25) is 0 Å². The molecule has 2 aliphatic rings. The van der Waals surface area contributed by atoms with Gasteiger partial charge in [0.25, 0.3) is 0 Å². The minimum atomic E-state index is -2.19. The van der Waals surface area contributed by atoms with Crippen LogP contribution in [-0.4, -0.2) is 12.6 Å². The first-order chi connectivity index (χ1) is 22.1. The molecule has 1 aromatic heterocycles. The van der Waals surface area contributed by atoms with E-state index >= 15 is 0 Å². The predicted octanol–water partition coefficient (Wildman–Crippen LogP) is 9.44. The van der Waals surface area contributed by atoms with Crippen molar-refractivity contribution >= 4 is 51.0 Å². The van der Waals surface area contributed by atoms with E-state index in [0.717, 1.165) is 0 Å². The van der Waals surface area contributed by atoms with Crippen molar-refractivity contribution in [3.8, 4) is 16.8 Å². The van der Waals surface area contributed by atoms with E-state index in [1.165, 1.54) is 76.8 Å². The molecule has 10 rings (SSSR count). The molecular formula is C43H31NSi. The van der Waals surface area contributed by atoms with Gasteiger partial charge in [0.05, 0.1) is 22.1 Å². The van der Waals surface area contributed by atoms with E-state index in [-0.39, 0.29) is 0 Å². The lowest BCUT2D eigenvalue weighted by Gasteiger charge is -2.50. The van der Waals surface area contributed by atoms with Crippen molar-refractivity contribution in [1.82, 2.24) is 4.57 Å². The summed E-state index contributed by atoms with van der Waals surface area (Å²) in [6.45, 7) is 5.14. The fourth-order valence-corrected chi connectivity index (χ4v) is 12.7. The number of benzene rings is 7. The van der Waals surface area contributed by atoms with Gasteiger partial charge in [-0.2, -0.15) is 0 Å². The zero-order valence-corrected chi connectivity index (χ0v) is 26.4. The summed E-state index contributed by atoms with van der Waals surface area (Å²) in [4.78, 5) is 0. The summed E-state index contributed by atoms with van der Waals surface area (Å²) in [7, 11) is -2.19. The van der Waals surface area contributed by atoms with Crippen LogP contribution in [0.15, 0.2) is 152 Å². The van der Waals surface area contributed by atoms with Crippen LogP contribution in [0.25, 0.3) is 49.4 Å². The van der Waals surface area contributed by atoms with E-state index in [2.05, 4.69) is 169 Å². The van der Waals surface area contributed by atoms with Crippen LogP contribution < -0.4 is 10.4 Å². The minimum Gasteiger partial charge on any atom is -0.309 e. The van der Waals surface area contributed by atoms with E-state index < -0.39 is 13.5 Å². The second-order valence-electron chi connectivity index (χ2n) is 13.2. The molecule has 1 spiro atoms. The fourth-order valence-electron chi connectivity index (χ4n) is 9.14. The van der Waals surface area contributed by atoms with Crippen LogP contribution in [0, 0.1) is 0 Å². The number of fused-ring (bicyclic) bond motifs is 12. The van der Waals surface area contributed by atoms with Crippen molar-refractivity contribution < 1.29 is 0 Å². The van der Waals surface area contributed by atoms with Crippen molar-refractivity contribution in [2.45, 2.75) is 18.5 Å². The highest BCUT2D eigenvalue weighted by Crippen LogP contribution is 2.55. The molecule has 0 saturated carbocycles. The lowest BCUT2D eigenvalue weighted by Crippen LogP contribution is -2.64. The molecule has 8 aromatic rings. The number of rotatable bonds is 1. The summed E-state index contributed by atoms with van der Waals surface area (Å²) in [5.74, 6) is 0. The molecule has 0 aliphatic carbocycles. The topological polar surface area (TPSA) is 4.93 Å². The van der Waals surface area contributed by atoms with Crippen LogP contribution in [0.5, 0.6) is 0 Å². The Labute approximate surface area is 264 Å². The molecule has 0 bridgehead atoms. The average Bonchev–Trinajstić information content (AvgIpc) is 3.43. The SMILES string of the molecule is C[Si]1(C)c2ccccc2C2(c3ccccc3-n3c4ccccc4c4cccc2c43)c2cccc(-c3cccc4ccccc34)c21. The number of para-hydroxylation sites is 3. The van der Waals surface area contributed by atoms with Gasteiger partial charge in [-0.1, -0.05) is 153 Å². The number of hydrogen-bond acceptors (Lipinski definition) is 0. The first kappa shape index (κ1) is 25.2. The van der Waals surface area contributed by atoms with E-state index in [1.807, 2.05) is 0 Å².